The normalized spacial score (nSPS) is 10.5. The van der Waals surface area contributed by atoms with Crippen molar-refractivity contribution in [1.82, 2.24) is 9.25 Å². The van der Waals surface area contributed by atoms with Crippen molar-refractivity contribution in [2.45, 2.75) is 6.92 Å². The minimum absolute atomic E-state index is 0.0997. The van der Waals surface area contributed by atoms with Crippen LogP contribution < -0.4 is 16.5 Å². The SMILES string of the molecule is Cc1[nH+]n(C)c(=O)n1-c1ccc(N)cc1. The van der Waals surface area contributed by atoms with E-state index in [0.717, 1.165) is 11.5 Å². The van der Waals surface area contributed by atoms with E-state index in [9.17, 15) is 4.79 Å². The Morgan fingerprint density at radius 3 is 2.33 bits per heavy atom. The first-order chi connectivity index (χ1) is 7.09. The number of aryl methyl sites for hydroxylation is 2. The maximum atomic E-state index is 11.7. The van der Waals surface area contributed by atoms with E-state index in [1.807, 2.05) is 19.1 Å². The average molecular weight is 205 g/mol. The summed E-state index contributed by atoms with van der Waals surface area (Å²) in [6.07, 6.45) is 0. The van der Waals surface area contributed by atoms with Crippen molar-refractivity contribution in [3.63, 3.8) is 0 Å². The third-order valence-corrected chi connectivity index (χ3v) is 2.29. The standard InChI is InChI=1S/C10H12N4O/c1-7-12-13(2)10(15)14(7)9-5-3-8(11)4-6-9/h3-6H,11H2,1-2H3/p+1. The molecule has 0 aliphatic rings. The van der Waals surface area contributed by atoms with Gasteiger partial charge in [0, 0.05) is 12.6 Å². The molecule has 78 valence electrons. The molecule has 0 fully saturated rings. The Labute approximate surface area is 86.8 Å². The number of hydrogen-bond acceptors (Lipinski definition) is 2. The number of benzene rings is 1. The van der Waals surface area contributed by atoms with Gasteiger partial charge < -0.3 is 5.73 Å². The summed E-state index contributed by atoms with van der Waals surface area (Å²) in [5.74, 6) is 0.785. The van der Waals surface area contributed by atoms with Crippen LogP contribution >= 0.6 is 0 Å². The molecule has 1 aromatic heterocycles. The molecule has 0 saturated heterocycles. The van der Waals surface area contributed by atoms with Gasteiger partial charge >= 0.3 is 5.69 Å². The Bertz CT molecular complexity index is 536. The van der Waals surface area contributed by atoms with Crippen LogP contribution in [0.2, 0.25) is 0 Å². The number of nitrogens with two attached hydrogens (primary N) is 1. The molecule has 0 unspecified atom stereocenters. The first-order valence-corrected chi connectivity index (χ1v) is 4.63. The van der Waals surface area contributed by atoms with Crippen LogP contribution in [0.25, 0.3) is 5.69 Å². The van der Waals surface area contributed by atoms with E-state index >= 15 is 0 Å². The summed E-state index contributed by atoms with van der Waals surface area (Å²) in [5.41, 5.74) is 6.98. The highest BCUT2D eigenvalue weighted by molar-refractivity contribution is 5.45. The van der Waals surface area contributed by atoms with Crippen LogP contribution in [0.3, 0.4) is 0 Å². The maximum Gasteiger partial charge on any atom is 0.451 e. The summed E-state index contributed by atoms with van der Waals surface area (Å²) in [6.45, 7) is 1.84. The minimum atomic E-state index is -0.0997. The smallest absolute Gasteiger partial charge is 0.399 e. The molecule has 1 heterocycles. The molecule has 0 amide bonds. The molecule has 0 radical (unpaired) electrons. The van der Waals surface area contributed by atoms with Gasteiger partial charge in [-0.25, -0.2) is 4.79 Å². The fourth-order valence-corrected chi connectivity index (χ4v) is 1.56. The molecular formula is C10H13N4O+. The number of aromatic nitrogens is 3. The van der Waals surface area contributed by atoms with Crippen LogP contribution in [0, 0.1) is 6.92 Å². The van der Waals surface area contributed by atoms with E-state index < -0.39 is 0 Å². The number of aromatic amines is 1. The third kappa shape index (κ3) is 1.52. The monoisotopic (exact) mass is 205 g/mol. The molecule has 3 N–H and O–H groups in total. The quantitative estimate of drug-likeness (QED) is 0.659. The number of nitrogens with one attached hydrogen (secondary N) is 1. The van der Waals surface area contributed by atoms with E-state index in [-0.39, 0.29) is 5.69 Å². The summed E-state index contributed by atoms with van der Waals surface area (Å²) in [5, 5.41) is 2.92. The van der Waals surface area contributed by atoms with Crippen molar-refractivity contribution < 1.29 is 5.10 Å². The van der Waals surface area contributed by atoms with Gasteiger partial charge in [0.15, 0.2) is 0 Å². The molecule has 0 aliphatic heterocycles. The molecule has 15 heavy (non-hydrogen) atoms. The van der Waals surface area contributed by atoms with Gasteiger partial charge in [-0.1, -0.05) is 0 Å². The van der Waals surface area contributed by atoms with Gasteiger partial charge in [-0.2, -0.15) is 5.10 Å². The number of anilines is 1. The van der Waals surface area contributed by atoms with E-state index in [2.05, 4.69) is 5.10 Å². The summed E-state index contributed by atoms with van der Waals surface area (Å²) in [6, 6.07) is 7.18. The van der Waals surface area contributed by atoms with Crippen LogP contribution in [-0.2, 0) is 7.05 Å². The molecule has 5 heteroatoms. The van der Waals surface area contributed by atoms with Crippen molar-refractivity contribution in [2.75, 3.05) is 5.73 Å². The Kier molecular flexibility index (Phi) is 2.07. The number of nitrogen functional groups attached to an aromatic ring is 1. The summed E-state index contributed by atoms with van der Waals surface area (Å²) < 4.78 is 3.03. The van der Waals surface area contributed by atoms with Gasteiger partial charge in [-0.3, -0.25) is 0 Å². The van der Waals surface area contributed by atoms with E-state index in [4.69, 9.17) is 5.73 Å². The Balaban J connectivity index is 2.64. The predicted octanol–water partition coefficient (Wildman–Crippen LogP) is -0.119. The van der Waals surface area contributed by atoms with Crippen molar-refractivity contribution in [3.8, 4) is 5.69 Å². The Morgan fingerprint density at radius 2 is 1.87 bits per heavy atom. The second kappa shape index (κ2) is 3.27. The lowest BCUT2D eigenvalue weighted by Crippen LogP contribution is -2.26. The molecule has 2 aromatic rings. The first kappa shape index (κ1) is 9.51. The third-order valence-electron chi connectivity index (χ3n) is 2.29. The van der Waals surface area contributed by atoms with Crippen molar-refractivity contribution in [1.29, 1.82) is 0 Å². The molecule has 0 aliphatic carbocycles. The summed E-state index contributed by atoms with van der Waals surface area (Å²) in [7, 11) is 1.68. The number of hydrogen-bond donors (Lipinski definition) is 1. The van der Waals surface area contributed by atoms with Gasteiger partial charge in [0.25, 0.3) is 5.82 Å². The summed E-state index contributed by atoms with van der Waals surface area (Å²) in [4.78, 5) is 11.7. The molecule has 0 spiro atoms. The molecule has 0 bridgehead atoms. The lowest BCUT2D eigenvalue weighted by atomic mass is 10.3. The number of H-pyrrole nitrogens is 1. The highest BCUT2D eigenvalue weighted by atomic mass is 16.2. The van der Waals surface area contributed by atoms with Gasteiger partial charge in [0.1, 0.15) is 5.69 Å². The number of rotatable bonds is 1. The van der Waals surface area contributed by atoms with Crippen LogP contribution in [-0.4, -0.2) is 9.25 Å². The van der Waals surface area contributed by atoms with E-state index in [1.165, 1.54) is 4.68 Å². The lowest BCUT2D eigenvalue weighted by molar-refractivity contribution is -0.495. The molecule has 2 rings (SSSR count). The van der Waals surface area contributed by atoms with Crippen LogP contribution in [0.1, 0.15) is 5.82 Å². The van der Waals surface area contributed by atoms with Gasteiger partial charge in [0.2, 0.25) is 0 Å². The van der Waals surface area contributed by atoms with Crippen molar-refractivity contribution in [2.24, 2.45) is 7.05 Å². The Hall–Kier alpha value is -2.04. The second-order valence-corrected chi connectivity index (χ2v) is 3.47. The second-order valence-electron chi connectivity index (χ2n) is 3.47. The topological polar surface area (TPSA) is 67.1 Å². The molecular weight excluding hydrogens is 192 g/mol. The highest BCUT2D eigenvalue weighted by Crippen LogP contribution is 2.09. The lowest BCUT2D eigenvalue weighted by Gasteiger charge is -1.95. The zero-order valence-corrected chi connectivity index (χ0v) is 8.69. The first-order valence-electron chi connectivity index (χ1n) is 4.63. The Morgan fingerprint density at radius 1 is 1.27 bits per heavy atom. The minimum Gasteiger partial charge on any atom is -0.399 e. The van der Waals surface area contributed by atoms with Crippen LogP contribution in [0.4, 0.5) is 5.69 Å². The van der Waals surface area contributed by atoms with E-state index in [0.29, 0.717) is 5.69 Å². The average Bonchev–Trinajstić information content (AvgIpc) is 2.44. The molecule has 5 nitrogen and oxygen atoms in total. The molecule has 0 saturated carbocycles. The van der Waals surface area contributed by atoms with E-state index in [1.54, 1.807) is 23.7 Å². The summed E-state index contributed by atoms with van der Waals surface area (Å²) >= 11 is 0. The zero-order chi connectivity index (χ0) is 11.0. The van der Waals surface area contributed by atoms with Crippen LogP contribution in [0.5, 0.6) is 0 Å². The van der Waals surface area contributed by atoms with Gasteiger partial charge in [-0.15, -0.1) is 9.25 Å². The molecule has 1 aromatic carbocycles. The largest absolute Gasteiger partial charge is 0.451 e. The highest BCUT2D eigenvalue weighted by Gasteiger charge is 2.16. The van der Waals surface area contributed by atoms with Gasteiger partial charge in [0.05, 0.1) is 7.05 Å². The fraction of sp³-hybridized carbons (Fsp3) is 0.200. The number of nitrogens with zero attached hydrogens (tertiary/aromatic N) is 2. The predicted molar refractivity (Wildman–Crippen MR) is 56.7 cm³/mol. The van der Waals surface area contributed by atoms with Gasteiger partial charge in [-0.05, 0) is 24.3 Å². The van der Waals surface area contributed by atoms with Crippen molar-refractivity contribution >= 4 is 5.69 Å². The maximum absolute atomic E-state index is 11.7. The van der Waals surface area contributed by atoms with Crippen molar-refractivity contribution in [3.05, 3.63) is 40.6 Å². The molecule has 0 atom stereocenters. The van der Waals surface area contributed by atoms with Crippen LogP contribution in [0.15, 0.2) is 29.1 Å². The zero-order valence-electron chi connectivity index (χ0n) is 8.69. The fourth-order valence-electron chi connectivity index (χ4n) is 1.56.